The monoisotopic (exact) mass is 394 g/mol. The van der Waals surface area contributed by atoms with Gasteiger partial charge in [0.2, 0.25) is 0 Å². The second-order valence-corrected chi connectivity index (χ2v) is 6.72. The van der Waals surface area contributed by atoms with Crippen molar-refractivity contribution in [3.05, 3.63) is 25.3 Å². The molecular formula is C18H30N6O4. The van der Waals surface area contributed by atoms with Crippen molar-refractivity contribution in [3.8, 4) is 0 Å². The first-order valence-electron chi connectivity index (χ1n) is 8.68. The number of hydrogen-bond donors (Lipinski definition) is 4. The number of carboxylic acids is 2. The zero-order chi connectivity index (χ0) is 21.8. The number of rotatable bonds is 6. The van der Waals surface area contributed by atoms with Gasteiger partial charge in [-0.15, -0.1) is 0 Å². The van der Waals surface area contributed by atoms with Gasteiger partial charge >= 0.3 is 11.9 Å². The lowest BCUT2D eigenvalue weighted by atomic mass is 10.0. The third-order valence-corrected chi connectivity index (χ3v) is 3.41. The largest absolute Gasteiger partial charge is 0.478 e. The minimum atomic E-state index is -0.981. The van der Waals surface area contributed by atoms with Crippen molar-refractivity contribution in [1.29, 1.82) is 0 Å². The zero-order valence-corrected chi connectivity index (χ0v) is 16.9. The van der Waals surface area contributed by atoms with Crippen LogP contribution in [0.3, 0.4) is 0 Å². The molecule has 0 radical (unpaired) electrons. The fraction of sp³-hybridized carbons (Fsp3) is 0.556. The molecule has 156 valence electrons. The van der Waals surface area contributed by atoms with Gasteiger partial charge in [0.1, 0.15) is 22.7 Å². The minimum Gasteiger partial charge on any atom is -0.478 e. The minimum absolute atomic E-state index is 0.396. The number of amidine groups is 2. The Kier molecular flexibility index (Phi) is 10.4. The lowest BCUT2D eigenvalue weighted by Gasteiger charge is -2.23. The number of hydrogen-bond acceptors (Lipinski definition) is 8. The highest BCUT2D eigenvalue weighted by atomic mass is 16.4. The van der Waals surface area contributed by atoms with E-state index < -0.39 is 23.0 Å². The van der Waals surface area contributed by atoms with E-state index in [1.807, 2.05) is 27.7 Å². The molecule has 0 atom stereocenters. The molecule has 0 aromatic carbocycles. The summed E-state index contributed by atoms with van der Waals surface area (Å²) in [5.41, 5.74) is -0.792. The topological polar surface area (TPSA) is 148 Å². The quantitative estimate of drug-likeness (QED) is 0.396. The highest BCUT2D eigenvalue weighted by Gasteiger charge is 2.31. The molecule has 0 bridgehead atoms. The number of carboxylic acid groups (broad SMARTS) is 2. The van der Waals surface area contributed by atoms with Gasteiger partial charge in [0.25, 0.3) is 0 Å². The van der Waals surface area contributed by atoms with E-state index in [1.54, 1.807) is 0 Å². The van der Waals surface area contributed by atoms with E-state index in [0.717, 1.165) is 50.0 Å². The SMILES string of the molecule is C=CC(=O)O.C=CC(=O)O.CC(C)(N=NC(C)(C)C1=NCCN1)C1=NCCN1. The van der Waals surface area contributed by atoms with Crippen LogP contribution in [0.15, 0.2) is 45.5 Å². The van der Waals surface area contributed by atoms with Gasteiger partial charge in [0.05, 0.1) is 13.1 Å². The van der Waals surface area contributed by atoms with E-state index in [2.05, 4.69) is 44.0 Å². The number of aliphatic imine (C=N–C) groups is 2. The third-order valence-electron chi connectivity index (χ3n) is 3.41. The van der Waals surface area contributed by atoms with Crippen molar-refractivity contribution < 1.29 is 19.8 Å². The molecule has 0 aromatic rings. The van der Waals surface area contributed by atoms with Crippen molar-refractivity contribution in [3.63, 3.8) is 0 Å². The Morgan fingerprint density at radius 3 is 1.36 bits per heavy atom. The summed E-state index contributed by atoms with van der Waals surface area (Å²) in [6.45, 7) is 17.4. The molecule has 0 spiro atoms. The first kappa shape index (κ1) is 25.0. The molecule has 2 aliphatic rings. The van der Waals surface area contributed by atoms with Gasteiger partial charge in [0, 0.05) is 25.2 Å². The summed E-state index contributed by atoms with van der Waals surface area (Å²) >= 11 is 0. The van der Waals surface area contributed by atoms with Crippen molar-refractivity contribution in [2.75, 3.05) is 26.2 Å². The Hall–Kier alpha value is -3.04. The van der Waals surface area contributed by atoms with Crippen LogP contribution < -0.4 is 10.6 Å². The van der Waals surface area contributed by atoms with Crippen LogP contribution in [0, 0.1) is 0 Å². The molecule has 10 nitrogen and oxygen atoms in total. The second-order valence-electron chi connectivity index (χ2n) is 6.72. The number of azo groups is 1. The van der Waals surface area contributed by atoms with Crippen LogP contribution in [-0.4, -0.2) is 71.1 Å². The maximum atomic E-state index is 9.25. The summed E-state index contributed by atoms with van der Waals surface area (Å²) in [6.07, 6.45) is 1.67. The van der Waals surface area contributed by atoms with E-state index in [0.29, 0.717) is 0 Å². The molecule has 4 N–H and O–H groups in total. The summed E-state index contributed by atoms with van der Waals surface area (Å²) in [5.74, 6) is -0.123. The van der Waals surface area contributed by atoms with Crippen molar-refractivity contribution >= 4 is 23.6 Å². The van der Waals surface area contributed by atoms with Crippen LogP contribution in [-0.2, 0) is 9.59 Å². The highest BCUT2D eigenvalue weighted by Crippen LogP contribution is 2.19. The molecule has 0 aliphatic carbocycles. The van der Waals surface area contributed by atoms with Crippen LogP contribution in [0.5, 0.6) is 0 Å². The van der Waals surface area contributed by atoms with E-state index in [1.165, 1.54) is 0 Å². The second kappa shape index (κ2) is 11.6. The average molecular weight is 394 g/mol. The molecule has 0 fully saturated rings. The Morgan fingerprint density at radius 1 is 0.893 bits per heavy atom. The normalized spacial score (nSPS) is 15.6. The zero-order valence-electron chi connectivity index (χ0n) is 16.9. The summed E-state index contributed by atoms with van der Waals surface area (Å²) in [6, 6.07) is 0. The van der Waals surface area contributed by atoms with Crippen LogP contribution >= 0.6 is 0 Å². The van der Waals surface area contributed by atoms with E-state index in [4.69, 9.17) is 10.2 Å². The molecule has 2 aliphatic heterocycles. The fourth-order valence-corrected chi connectivity index (χ4v) is 1.96. The van der Waals surface area contributed by atoms with Crippen LogP contribution in [0.4, 0.5) is 0 Å². The van der Waals surface area contributed by atoms with Gasteiger partial charge in [-0.2, -0.15) is 10.2 Å². The molecular weight excluding hydrogens is 364 g/mol. The van der Waals surface area contributed by atoms with Crippen LogP contribution in [0.1, 0.15) is 27.7 Å². The van der Waals surface area contributed by atoms with Crippen LogP contribution in [0.2, 0.25) is 0 Å². The molecule has 28 heavy (non-hydrogen) atoms. The summed E-state index contributed by atoms with van der Waals surface area (Å²) < 4.78 is 0. The smallest absolute Gasteiger partial charge is 0.327 e. The molecule has 0 aromatic heterocycles. The number of aliphatic carboxylic acids is 2. The Labute approximate surface area is 165 Å². The molecule has 0 unspecified atom stereocenters. The Bertz CT molecular complexity index is 609. The molecule has 2 heterocycles. The lowest BCUT2D eigenvalue weighted by Crippen LogP contribution is -2.41. The van der Waals surface area contributed by atoms with Crippen molar-refractivity contribution in [2.24, 2.45) is 20.2 Å². The predicted octanol–water partition coefficient (Wildman–Crippen LogP) is 1.51. The Balaban J connectivity index is 0.000000607. The van der Waals surface area contributed by atoms with E-state index >= 15 is 0 Å². The van der Waals surface area contributed by atoms with Gasteiger partial charge in [-0.1, -0.05) is 13.2 Å². The summed E-state index contributed by atoms with van der Waals surface area (Å²) in [5, 5.41) is 30.6. The van der Waals surface area contributed by atoms with Gasteiger partial charge < -0.3 is 20.8 Å². The third kappa shape index (κ3) is 9.60. The predicted molar refractivity (Wildman–Crippen MR) is 109 cm³/mol. The first-order chi connectivity index (χ1) is 13.0. The summed E-state index contributed by atoms with van der Waals surface area (Å²) in [4.78, 5) is 27.3. The Morgan fingerprint density at radius 2 is 1.18 bits per heavy atom. The number of carbonyl (C=O) groups is 2. The molecule has 2 rings (SSSR count). The molecule has 0 saturated carbocycles. The van der Waals surface area contributed by atoms with E-state index in [-0.39, 0.29) is 0 Å². The average Bonchev–Trinajstić information content (AvgIpc) is 3.34. The first-order valence-corrected chi connectivity index (χ1v) is 8.68. The standard InChI is InChI=1S/C12H22N6.2C3H4O2/c1-11(2,9-13-5-6-14-9)17-18-12(3,4)10-15-7-8-16-10;2*1-2-3(4)5/h5-8H2,1-4H3,(H,13,14)(H,15,16);2*2H,1H2,(H,4,5). The highest BCUT2D eigenvalue weighted by molar-refractivity contribution is 5.93. The van der Waals surface area contributed by atoms with Gasteiger partial charge in [-0.05, 0) is 27.7 Å². The van der Waals surface area contributed by atoms with Gasteiger partial charge in [0.15, 0.2) is 0 Å². The maximum Gasteiger partial charge on any atom is 0.327 e. The van der Waals surface area contributed by atoms with Crippen LogP contribution in [0.25, 0.3) is 0 Å². The van der Waals surface area contributed by atoms with Gasteiger partial charge in [-0.25, -0.2) is 9.59 Å². The number of nitrogens with zero attached hydrogens (tertiary/aromatic N) is 4. The van der Waals surface area contributed by atoms with Gasteiger partial charge in [-0.3, -0.25) is 9.98 Å². The maximum absolute atomic E-state index is 9.25. The molecule has 0 amide bonds. The summed E-state index contributed by atoms with van der Waals surface area (Å²) in [7, 11) is 0. The molecule has 0 saturated heterocycles. The molecule has 10 heteroatoms. The van der Waals surface area contributed by atoms with E-state index in [9.17, 15) is 9.59 Å². The van der Waals surface area contributed by atoms with Crippen molar-refractivity contribution in [1.82, 2.24) is 10.6 Å². The lowest BCUT2D eigenvalue weighted by molar-refractivity contribution is -0.132. The van der Waals surface area contributed by atoms with Crippen molar-refractivity contribution in [2.45, 2.75) is 38.8 Å². The number of nitrogens with one attached hydrogen (secondary N) is 2. The fourth-order valence-electron chi connectivity index (χ4n) is 1.96.